The summed E-state index contributed by atoms with van der Waals surface area (Å²) in [4.78, 5) is 21.9. The third kappa shape index (κ3) is 5.21. The first-order chi connectivity index (χ1) is 12.9. The maximum atomic E-state index is 12.3. The number of carbonyl (C=O) groups is 1. The van der Waals surface area contributed by atoms with Crippen molar-refractivity contribution in [1.82, 2.24) is 0 Å². The van der Waals surface area contributed by atoms with E-state index in [-0.39, 0.29) is 11.7 Å². The molecule has 0 unspecified atom stereocenters. The normalized spacial score (nSPS) is 18.8. The van der Waals surface area contributed by atoms with Crippen LogP contribution in [0.15, 0.2) is 63.0 Å². The van der Waals surface area contributed by atoms with Gasteiger partial charge in [-0.2, -0.15) is 0 Å². The van der Waals surface area contributed by atoms with Gasteiger partial charge in [0.15, 0.2) is 0 Å². The number of hydrogen-bond acceptors (Lipinski definition) is 4. The Hall–Kier alpha value is -1.63. The number of amides is 1. The molecule has 0 aromatic heterocycles. The van der Waals surface area contributed by atoms with E-state index in [4.69, 9.17) is 21.6 Å². The van der Waals surface area contributed by atoms with Crippen LogP contribution in [0.5, 0.6) is 0 Å². The van der Waals surface area contributed by atoms with E-state index in [1.54, 1.807) is 24.3 Å². The lowest BCUT2D eigenvalue weighted by molar-refractivity contribution is -0.113. The molecule has 140 valence electrons. The van der Waals surface area contributed by atoms with Crippen molar-refractivity contribution in [2.45, 2.75) is 25.9 Å². The first-order valence-electron chi connectivity index (χ1n) is 8.53. The smallest absolute Gasteiger partial charge is 0.234 e. The summed E-state index contributed by atoms with van der Waals surface area (Å²) in [5, 5.41) is 4.31. The molecule has 4 nitrogen and oxygen atoms in total. The minimum Gasteiger partial charge on any atom is -0.325 e. The Morgan fingerprint density at radius 1 is 1.15 bits per heavy atom. The summed E-state index contributed by atoms with van der Waals surface area (Å²) >= 11 is 10.7. The molecule has 1 aliphatic heterocycles. The number of aliphatic imine (C=N–C) groups is 2. The summed E-state index contributed by atoms with van der Waals surface area (Å²) in [5.41, 5.74) is 2.09. The molecule has 1 atom stereocenters. The Morgan fingerprint density at radius 2 is 1.81 bits per heavy atom. The molecule has 2 aromatic carbocycles. The van der Waals surface area contributed by atoms with Gasteiger partial charge in [0.05, 0.1) is 11.5 Å². The van der Waals surface area contributed by atoms with Crippen LogP contribution in [0.2, 0.25) is 5.02 Å². The number of hydrogen-bond donors (Lipinski definition) is 1. The van der Waals surface area contributed by atoms with Crippen LogP contribution >= 0.6 is 39.3 Å². The number of anilines is 1. The van der Waals surface area contributed by atoms with E-state index in [1.165, 1.54) is 11.8 Å². The molecule has 3 rings (SSSR count). The second kappa shape index (κ2) is 8.59. The Labute approximate surface area is 176 Å². The molecule has 0 fully saturated rings. The van der Waals surface area contributed by atoms with Crippen molar-refractivity contribution in [2.24, 2.45) is 9.98 Å². The zero-order valence-corrected chi connectivity index (χ0v) is 18.2. The van der Waals surface area contributed by atoms with Gasteiger partial charge < -0.3 is 5.32 Å². The van der Waals surface area contributed by atoms with E-state index in [2.05, 4.69) is 28.2 Å². The zero-order valence-electron chi connectivity index (χ0n) is 15.0. The van der Waals surface area contributed by atoms with Crippen LogP contribution in [0.4, 0.5) is 5.69 Å². The fourth-order valence-corrected chi connectivity index (χ4v) is 3.80. The van der Waals surface area contributed by atoms with Gasteiger partial charge in [-0.15, -0.1) is 0 Å². The predicted molar refractivity (Wildman–Crippen MR) is 119 cm³/mol. The van der Waals surface area contributed by atoms with Crippen LogP contribution in [0.25, 0.3) is 0 Å². The van der Waals surface area contributed by atoms with Crippen LogP contribution in [0.1, 0.15) is 25.8 Å². The van der Waals surface area contributed by atoms with E-state index in [1.807, 2.05) is 31.2 Å². The Bertz CT molecular complexity index is 896. The lowest BCUT2D eigenvalue weighted by Gasteiger charge is -2.13. The summed E-state index contributed by atoms with van der Waals surface area (Å²) in [5.74, 6) is 0.168. The number of thioether (sulfide) groups is 1. The van der Waals surface area contributed by atoms with E-state index in [9.17, 15) is 4.79 Å². The molecule has 0 aliphatic carbocycles. The van der Waals surface area contributed by atoms with Gasteiger partial charge in [-0.3, -0.25) is 9.79 Å². The Balaban J connectivity index is 1.70. The van der Waals surface area contributed by atoms with E-state index in [0.29, 0.717) is 5.02 Å². The number of rotatable bonds is 5. The van der Waals surface area contributed by atoms with E-state index < -0.39 is 5.66 Å². The number of nitrogens with one attached hydrogen (secondary N) is 1. The summed E-state index contributed by atoms with van der Waals surface area (Å²) < 4.78 is 1.01. The van der Waals surface area contributed by atoms with Crippen molar-refractivity contribution in [3.05, 3.63) is 63.6 Å². The molecule has 0 radical (unpaired) electrons. The Kier molecular flexibility index (Phi) is 6.40. The first-order valence-corrected chi connectivity index (χ1v) is 10.7. The number of halogens is 2. The molecule has 1 amide bonds. The molecule has 7 heteroatoms. The highest BCUT2D eigenvalue weighted by Crippen LogP contribution is 2.30. The molecule has 27 heavy (non-hydrogen) atoms. The van der Waals surface area contributed by atoms with Gasteiger partial charge in [-0.05, 0) is 49.7 Å². The summed E-state index contributed by atoms with van der Waals surface area (Å²) in [6.07, 6.45) is 0.800. The van der Waals surface area contributed by atoms with E-state index in [0.717, 1.165) is 32.9 Å². The lowest BCUT2D eigenvalue weighted by Crippen LogP contribution is -2.17. The average molecular weight is 465 g/mol. The fourth-order valence-electron chi connectivity index (χ4n) is 2.50. The highest BCUT2D eigenvalue weighted by molar-refractivity contribution is 9.10. The summed E-state index contributed by atoms with van der Waals surface area (Å²) in [7, 11) is 0. The predicted octanol–water partition coefficient (Wildman–Crippen LogP) is 5.80. The maximum Gasteiger partial charge on any atom is 0.234 e. The standard InChI is InChI=1S/C20H19BrClN3OS/c1-3-20(2)24-18(13-4-6-14(21)7-5-13)19(25-20)27-12-17(26)23-16-10-8-15(22)9-11-16/h4-11H,3,12H2,1-2H3,(H,23,26)/t20-/m1/s1. The monoisotopic (exact) mass is 463 g/mol. The minimum atomic E-state index is -0.475. The van der Waals surface area contributed by atoms with Crippen molar-refractivity contribution in [3.8, 4) is 0 Å². The third-order valence-corrected chi connectivity index (χ3v) is 5.90. The van der Waals surface area contributed by atoms with Crippen molar-refractivity contribution < 1.29 is 4.79 Å². The largest absolute Gasteiger partial charge is 0.325 e. The molecule has 0 spiro atoms. The lowest BCUT2D eigenvalue weighted by atomic mass is 10.1. The molecule has 2 aromatic rings. The first kappa shape index (κ1) is 20.1. The molecule has 0 saturated carbocycles. The van der Waals surface area contributed by atoms with Crippen molar-refractivity contribution in [2.75, 3.05) is 11.1 Å². The quantitative estimate of drug-likeness (QED) is 0.608. The van der Waals surface area contributed by atoms with Gasteiger partial charge in [0.2, 0.25) is 5.91 Å². The molecular formula is C20H19BrClN3OS. The maximum absolute atomic E-state index is 12.3. The number of benzene rings is 2. The van der Waals surface area contributed by atoms with Crippen LogP contribution in [0, 0.1) is 0 Å². The molecule has 0 saturated heterocycles. The van der Waals surface area contributed by atoms with Crippen molar-refractivity contribution in [1.29, 1.82) is 0 Å². The second-order valence-corrected chi connectivity index (χ2v) is 8.61. The van der Waals surface area contributed by atoms with E-state index >= 15 is 0 Å². The van der Waals surface area contributed by atoms with Gasteiger partial charge in [0.25, 0.3) is 0 Å². The summed E-state index contributed by atoms with van der Waals surface area (Å²) in [6.45, 7) is 4.07. The van der Waals surface area contributed by atoms with Gasteiger partial charge in [0.1, 0.15) is 10.7 Å². The van der Waals surface area contributed by atoms with Gasteiger partial charge >= 0.3 is 0 Å². The average Bonchev–Trinajstić information content (AvgIpc) is 3.00. The van der Waals surface area contributed by atoms with Gasteiger partial charge in [-0.1, -0.05) is 58.3 Å². The van der Waals surface area contributed by atoms with Crippen LogP contribution < -0.4 is 5.32 Å². The van der Waals surface area contributed by atoms with Crippen LogP contribution in [-0.4, -0.2) is 28.1 Å². The summed E-state index contributed by atoms with van der Waals surface area (Å²) in [6, 6.07) is 15.0. The van der Waals surface area contributed by atoms with Crippen molar-refractivity contribution in [3.63, 3.8) is 0 Å². The highest BCUT2D eigenvalue weighted by Gasteiger charge is 2.31. The molecule has 1 heterocycles. The van der Waals surface area contributed by atoms with Crippen LogP contribution in [-0.2, 0) is 4.79 Å². The molecule has 1 N–H and O–H groups in total. The fraction of sp³-hybridized carbons (Fsp3) is 0.250. The topological polar surface area (TPSA) is 53.8 Å². The number of carbonyl (C=O) groups excluding carboxylic acids is 1. The zero-order chi connectivity index (χ0) is 19.4. The third-order valence-electron chi connectivity index (χ3n) is 4.15. The molecule has 0 bridgehead atoms. The molecular weight excluding hydrogens is 446 g/mol. The van der Waals surface area contributed by atoms with Crippen molar-refractivity contribution >= 4 is 61.6 Å². The highest BCUT2D eigenvalue weighted by atomic mass is 79.9. The SMILES string of the molecule is CC[C@@]1(C)N=C(SCC(=O)Nc2ccc(Cl)cc2)C(c2ccc(Br)cc2)=N1. The van der Waals surface area contributed by atoms with Crippen LogP contribution in [0.3, 0.4) is 0 Å². The second-order valence-electron chi connectivity index (χ2n) is 6.30. The number of nitrogens with zero attached hydrogens (tertiary/aromatic N) is 2. The van der Waals surface area contributed by atoms with Gasteiger partial charge in [0, 0.05) is 20.7 Å². The minimum absolute atomic E-state index is 0.0923. The Morgan fingerprint density at radius 3 is 2.44 bits per heavy atom. The molecule has 1 aliphatic rings. The van der Waals surface area contributed by atoms with Gasteiger partial charge in [-0.25, -0.2) is 4.99 Å².